The Labute approximate surface area is 111 Å². The highest BCUT2D eigenvalue weighted by Gasteiger charge is 2.15. The summed E-state index contributed by atoms with van der Waals surface area (Å²) in [5.41, 5.74) is 1.97. The van der Waals surface area contributed by atoms with Crippen molar-refractivity contribution in [1.82, 2.24) is 14.9 Å². The summed E-state index contributed by atoms with van der Waals surface area (Å²) in [6.45, 7) is 2.65. The summed E-state index contributed by atoms with van der Waals surface area (Å²) in [7, 11) is 0. The second-order valence-electron chi connectivity index (χ2n) is 4.14. The van der Waals surface area contributed by atoms with Gasteiger partial charge in [0.1, 0.15) is 6.54 Å². The van der Waals surface area contributed by atoms with Crippen LogP contribution in [-0.4, -0.2) is 33.9 Å². The minimum absolute atomic E-state index is 0.102. The molecule has 1 aromatic carbocycles. The fourth-order valence-corrected chi connectivity index (χ4v) is 1.89. The van der Waals surface area contributed by atoms with Crippen LogP contribution in [0.1, 0.15) is 23.7 Å². The summed E-state index contributed by atoms with van der Waals surface area (Å²) in [6, 6.07) is 7.22. The van der Waals surface area contributed by atoms with E-state index in [0.29, 0.717) is 17.6 Å². The molecule has 1 heterocycles. The molecule has 2 rings (SSSR count). The van der Waals surface area contributed by atoms with Gasteiger partial charge in [-0.25, -0.2) is 0 Å². The molecule has 0 radical (unpaired) electrons. The molecule has 0 N–H and O–H groups in total. The highest BCUT2D eigenvalue weighted by Crippen LogP contribution is 2.13. The van der Waals surface area contributed by atoms with Crippen LogP contribution in [0.3, 0.4) is 0 Å². The average Bonchev–Trinajstić information content (AvgIpc) is 2.46. The van der Waals surface area contributed by atoms with Crippen molar-refractivity contribution in [3.05, 3.63) is 36.2 Å². The number of nitrogens with zero attached hydrogens (tertiary/aromatic N) is 4. The number of benzene rings is 1. The molecule has 0 bridgehead atoms. The van der Waals surface area contributed by atoms with Gasteiger partial charge in [0.05, 0.1) is 17.1 Å². The van der Waals surface area contributed by atoms with Crippen molar-refractivity contribution in [2.75, 3.05) is 13.1 Å². The third kappa shape index (κ3) is 2.86. The largest absolute Gasteiger partial charge is 0.325 e. The SMILES string of the molecule is CCCN(CC#N)C(=O)c1ccc2nccnc2c1. The summed E-state index contributed by atoms with van der Waals surface area (Å²) in [5.74, 6) is -0.143. The summed E-state index contributed by atoms with van der Waals surface area (Å²) >= 11 is 0. The number of hydrogen-bond donors (Lipinski definition) is 0. The minimum atomic E-state index is -0.143. The van der Waals surface area contributed by atoms with Crippen LogP contribution in [-0.2, 0) is 0 Å². The Morgan fingerprint density at radius 3 is 2.74 bits per heavy atom. The predicted molar refractivity (Wildman–Crippen MR) is 71.3 cm³/mol. The highest BCUT2D eigenvalue weighted by atomic mass is 16.2. The lowest BCUT2D eigenvalue weighted by Gasteiger charge is -2.18. The van der Waals surface area contributed by atoms with E-state index in [2.05, 4.69) is 9.97 Å². The first-order valence-corrected chi connectivity index (χ1v) is 6.13. The van der Waals surface area contributed by atoms with Crippen LogP contribution in [0.15, 0.2) is 30.6 Å². The minimum Gasteiger partial charge on any atom is -0.325 e. The van der Waals surface area contributed by atoms with Gasteiger partial charge in [-0.1, -0.05) is 6.92 Å². The Kier molecular flexibility index (Phi) is 4.04. The monoisotopic (exact) mass is 254 g/mol. The van der Waals surface area contributed by atoms with Gasteiger partial charge < -0.3 is 4.90 Å². The number of carbonyl (C=O) groups excluding carboxylic acids is 1. The van der Waals surface area contributed by atoms with Crippen molar-refractivity contribution < 1.29 is 4.79 Å². The van der Waals surface area contributed by atoms with Crippen LogP contribution >= 0.6 is 0 Å². The van der Waals surface area contributed by atoms with E-state index in [1.807, 2.05) is 13.0 Å². The number of hydrogen-bond acceptors (Lipinski definition) is 4. The molecule has 1 amide bonds. The number of fused-ring (bicyclic) bond motifs is 1. The molecule has 19 heavy (non-hydrogen) atoms. The number of rotatable bonds is 4. The average molecular weight is 254 g/mol. The zero-order valence-corrected chi connectivity index (χ0v) is 10.7. The summed E-state index contributed by atoms with van der Waals surface area (Å²) in [4.78, 5) is 22.2. The molecule has 0 saturated carbocycles. The highest BCUT2D eigenvalue weighted by molar-refractivity contribution is 5.97. The second kappa shape index (κ2) is 5.91. The van der Waals surface area contributed by atoms with Gasteiger partial charge in [0, 0.05) is 24.5 Å². The third-order valence-corrected chi connectivity index (χ3v) is 2.76. The molecule has 0 saturated heterocycles. The summed E-state index contributed by atoms with van der Waals surface area (Å²) < 4.78 is 0. The maximum Gasteiger partial charge on any atom is 0.254 e. The van der Waals surface area contributed by atoms with E-state index in [9.17, 15) is 4.79 Å². The Hall–Kier alpha value is -2.48. The van der Waals surface area contributed by atoms with Gasteiger partial charge in [0.2, 0.25) is 0 Å². The van der Waals surface area contributed by atoms with Gasteiger partial charge in [0.25, 0.3) is 5.91 Å². The van der Waals surface area contributed by atoms with E-state index in [4.69, 9.17) is 5.26 Å². The van der Waals surface area contributed by atoms with Gasteiger partial charge in [0.15, 0.2) is 0 Å². The number of aromatic nitrogens is 2. The Morgan fingerprint density at radius 1 is 1.32 bits per heavy atom. The molecule has 2 aromatic rings. The molecule has 0 spiro atoms. The number of amides is 1. The van der Waals surface area contributed by atoms with Gasteiger partial charge in [-0.05, 0) is 24.6 Å². The van der Waals surface area contributed by atoms with E-state index in [-0.39, 0.29) is 12.5 Å². The van der Waals surface area contributed by atoms with Crippen molar-refractivity contribution in [2.45, 2.75) is 13.3 Å². The van der Waals surface area contributed by atoms with Crippen LogP contribution in [0.25, 0.3) is 11.0 Å². The molecule has 0 aliphatic carbocycles. The maximum absolute atomic E-state index is 12.3. The van der Waals surface area contributed by atoms with Gasteiger partial charge in [-0.2, -0.15) is 5.26 Å². The van der Waals surface area contributed by atoms with Gasteiger partial charge in [-0.3, -0.25) is 14.8 Å². The first-order valence-electron chi connectivity index (χ1n) is 6.13. The summed E-state index contributed by atoms with van der Waals surface area (Å²) in [5, 5.41) is 8.76. The number of nitriles is 1. The van der Waals surface area contributed by atoms with Crippen LogP contribution < -0.4 is 0 Å². The normalized spacial score (nSPS) is 10.1. The number of carbonyl (C=O) groups is 1. The first-order chi connectivity index (χ1) is 9.26. The summed E-state index contributed by atoms with van der Waals surface area (Å²) in [6.07, 6.45) is 4.03. The quantitative estimate of drug-likeness (QED) is 0.782. The maximum atomic E-state index is 12.3. The van der Waals surface area contributed by atoms with Crippen LogP contribution in [0.5, 0.6) is 0 Å². The molecule has 5 heteroatoms. The first kappa shape index (κ1) is 13.0. The van der Waals surface area contributed by atoms with Crippen molar-refractivity contribution >= 4 is 16.9 Å². The topological polar surface area (TPSA) is 69.9 Å². The van der Waals surface area contributed by atoms with Crippen LogP contribution in [0, 0.1) is 11.3 Å². The Balaban J connectivity index is 2.32. The van der Waals surface area contributed by atoms with E-state index in [1.165, 1.54) is 4.90 Å². The van der Waals surface area contributed by atoms with E-state index >= 15 is 0 Å². The fraction of sp³-hybridized carbons (Fsp3) is 0.286. The van der Waals surface area contributed by atoms with Crippen molar-refractivity contribution in [1.29, 1.82) is 5.26 Å². The molecular weight excluding hydrogens is 240 g/mol. The van der Waals surface area contributed by atoms with E-state index in [1.54, 1.807) is 30.6 Å². The lowest BCUT2D eigenvalue weighted by Crippen LogP contribution is -2.32. The lowest BCUT2D eigenvalue weighted by atomic mass is 10.1. The van der Waals surface area contributed by atoms with Gasteiger partial charge in [-0.15, -0.1) is 0 Å². The van der Waals surface area contributed by atoms with Crippen molar-refractivity contribution in [3.8, 4) is 6.07 Å². The second-order valence-corrected chi connectivity index (χ2v) is 4.14. The molecule has 0 aliphatic rings. The molecule has 0 unspecified atom stereocenters. The standard InChI is InChI=1S/C14H14N4O/c1-2-8-18(9-5-15)14(19)11-3-4-12-13(10-11)17-7-6-16-12/h3-4,6-7,10H,2,8-9H2,1H3. The lowest BCUT2D eigenvalue weighted by molar-refractivity contribution is 0.0776. The molecule has 5 nitrogen and oxygen atoms in total. The van der Waals surface area contributed by atoms with Gasteiger partial charge >= 0.3 is 0 Å². The molecule has 1 aromatic heterocycles. The smallest absolute Gasteiger partial charge is 0.254 e. The van der Waals surface area contributed by atoms with Crippen LogP contribution in [0.4, 0.5) is 0 Å². The fourth-order valence-electron chi connectivity index (χ4n) is 1.89. The zero-order valence-electron chi connectivity index (χ0n) is 10.7. The van der Waals surface area contributed by atoms with Crippen molar-refractivity contribution in [3.63, 3.8) is 0 Å². The molecular formula is C14H14N4O. The third-order valence-electron chi connectivity index (χ3n) is 2.76. The van der Waals surface area contributed by atoms with E-state index in [0.717, 1.165) is 11.9 Å². The molecule has 0 atom stereocenters. The predicted octanol–water partition coefficient (Wildman–Crippen LogP) is 2.01. The van der Waals surface area contributed by atoms with Crippen molar-refractivity contribution in [2.24, 2.45) is 0 Å². The Morgan fingerprint density at radius 2 is 2.05 bits per heavy atom. The molecule has 0 aliphatic heterocycles. The molecule has 0 fully saturated rings. The zero-order chi connectivity index (χ0) is 13.7. The van der Waals surface area contributed by atoms with Crippen LogP contribution in [0.2, 0.25) is 0 Å². The van der Waals surface area contributed by atoms with E-state index < -0.39 is 0 Å². The molecule has 96 valence electrons. The Bertz CT molecular complexity index is 633.